The Hall–Kier alpha value is -1.32. The average Bonchev–Trinajstić information content (AvgIpc) is 2.44. The van der Waals surface area contributed by atoms with Gasteiger partial charge < -0.3 is 9.84 Å². The van der Waals surface area contributed by atoms with E-state index in [0.29, 0.717) is 24.5 Å². The molecular weight excluding hydrogens is 268 g/mol. The highest BCUT2D eigenvalue weighted by atomic mass is 16.5. The van der Waals surface area contributed by atoms with Crippen molar-refractivity contribution >= 4 is 11.9 Å². The van der Waals surface area contributed by atoms with Crippen LogP contribution in [0.15, 0.2) is 11.1 Å². The quantitative estimate of drug-likeness (QED) is 0.416. The van der Waals surface area contributed by atoms with E-state index in [9.17, 15) is 14.7 Å². The van der Waals surface area contributed by atoms with Gasteiger partial charge in [-0.05, 0) is 44.4 Å². The molecule has 0 amide bonds. The zero-order valence-corrected chi connectivity index (χ0v) is 13.3. The van der Waals surface area contributed by atoms with Crippen molar-refractivity contribution < 1.29 is 19.4 Å². The summed E-state index contributed by atoms with van der Waals surface area (Å²) in [6.07, 6.45) is 9.08. The van der Waals surface area contributed by atoms with E-state index >= 15 is 0 Å². The molecule has 0 aliphatic heterocycles. The Balaban J connectivity index is 2.43. The molecule has 4 heteroatoms. The van der Waals surface area contributed by atoms with Crippen LogP contribution in [-0.4, -0.2) is 23.7 Å². The van der Waals surface area contributed by atoms with Crippen LogP contribution in [-0.2, 0) is 14.3 Å². The van der Waals surface area contributed by atoms with E-state index in [2.05, 4.69) is 0 Å². The van der Waals surface area contributed by atoms with Gasteiger partial charge in [-0.15, -0.1) is 0 Å². The predicted octanol–water partition coefficient (Wildman–Crippen LogP) is 4.09. The molecule has 1 N–H and O–H groups in total. The third kappa shape index (κ3) is 6.32. The number of aliphatic carboxylic acids is 1. The van der Waals surface area contributed by atoms with Crippen LogP contribution in [0.25, 0.3) is 0 Å². The van der Waals surface area contributed by atoms with E-state index in [0.717, 1.165) is 44.9 Å². The Morgan fingerprint density at radius 3 is 2.62 bits per heavy atom. The molecule has 0 aromatic carbocycles. The second-order valence-corrected chi connectivity index (χ2v) is 5.79. The van der Waals surface area contributed by atoms with Crippen molar-refractivity contribution in [2.24, 2.45) is 5.92 Å². The zero-order chi connectivity index (χ0) is 15.7. The highest BCUT2D eigenvalue weighted by Crippen LogP contribution is 2.36. The van der Waals surface area contributed by atoms with Gasteiger partial charge in [0.2, 0.25) is 0 Å². The van der Waals surface area contributed by atoms with Crippen LogP contribution in [0.4, 0.5) is 0 Å². The van der Waals surface area contributed by atoms with Crippen molar-refractivity contribution in [3.63, 3.8) is 0 Å². The smallest absolute Gasteiger partial charge is 0.331 e. The fourth-order valence-corrected chi connectivity index (χ4v) is 3.20. The molecule has 1 atom stereocenters. The van der Waals surface area contributed by atoms with Gasteiger partial charge in [0.05, 0.1) is 6.61 Å². The summed E-state index contributed by atoms with van der Waals surface area (Å²) in [5.74, 6) is -0.519. The number of carboxylic acids is 1. The lowest BCUT2D eigenvalue weighted by atomic mass is 9.78. The number of rotatable bonds is 8. The van der Waals surface area contributed by atoms with Gasteiger partial charge in [-0.3, -0.25) is 4.79 Å². The molecule has 1 fully saturated rings. The summed E-state index contributed by atoms with van der Waals surface area (Å²) in [5, 5.41) is 9.33. The first-order chi connectivity index (χ1) is 10.1. The fraction of sp³-hybridized carbons (Fsp3) is 0.765. The van der Waals surface area contributed by atoms with E-state index < -0.39 is 5.97 Å². The Labute approximate surface area is 127 Å². The van der Waals surface area contributed by atoms with Crippen LogP contribution in [0.5, 0.6) is 0 Å². The van der Waals surface area contributed by atoms with Gasteiger partial charge in [0.1, 0.15) is 0 Å². The molecule has 0 bridgehead atoms. The van der Waals surface area contributed by atoms with E-state index in [1.165, 1.54) is 18.9 Å². The number of hydrogen-bond acceptors (Lipinski definition) is 3. The van der Waals surface area contributed by atoms with Gasteiger partial charge in [-0.1, -0.05) is 31.8 Å². The van der Waals surface area contributed by atoms with Gasteiger partial charge >= 0.3 is 11.9 Å². The van der Waals surface area contributed by atoms with Crippen molar-refractivity contribution in [3.8, 4) is 0 Å². The van der Waals surface area contributed by atoms with Crippen LogP contribution in [0.3, 0.4) is 0 Å². The maximum Gasteiger partial charge on any atom is 0.331 e. The zero-order valence-electron chi connectivity index (χ0n) is 13.3. The van der Waals surface area contributed by atoms with Crippen LogP contribution in [0.1, 0.15) is 71.6 Å². The molecule has 0 radical (unpaired) electrons. The molecule has 1 unspecified atom stereocenters. The van der Waals surface area contributed by atoms with Gasteiger partial charge in [0, 0.05) is 12.5 Å². The number of carboxylic acid groups (broad SMARTS) is 1. The van der Waals surface area contributed by atoms with E-state index in [1.807, 2.05) is 6.92 Å². The lowest BCUT2D eigenvalue weighted by molar-refractivity contribution is -0.141. The molecular formula is C17H28O4. The monoisotopic (exact) mass is 296 g/mol. The SMILES string of the molecule is CCC(C(=O)O)=C1CCCCC1CCCCCOC(C)=O. The first-order valence-electron chi connectivity index (χ1n) is 8.14. The number of carbonyl (C=O) groups excluding carboxylic acids is 1. The third-order valence-electron chi connectivity index (χ3n) is 4.24. The van der Waals surface area contributed by atoms with Gasteiger partial charge in [0.15, 0.2) is 0 Å². The topological polar surface area (TPSA) is 63.6 Å². The summed E-state index contributed by atoms with van der Waals surface area (Å²) in [5.41, 5.74) is 1.83. The maximum absolute atomic E-state index is 11.3. The third-order valence-corrected chi connectivity index (χ3v) is 4.24. The highest BCUT2D eigenvalue weighted by Gasteiger charge is 2.23. The van der Waals surface area contributed by atoms with Gasteiger partial charge in [0.25, 0.3) is 0 Å². The molecule has 0 aromatic heterocycles. The van der Waals surface area contributed by atoms with Crippen molar-refractivity contribution in [1.29, 1.82) is 0 Å². The molecule has 1 aliphatic rings. The van der Waals surface area contributed by atoms with Crippen LogP contribution >= 0.6 is 0 Å². The summed E-state index contributed by atoms with van der Waals surface area (Å²) in [6, 6.07) is 0. The Morgan fingerprint density at radius 1 is 1.24 bits per heavy atom. The molecule has 0 saturated heterocycles. The molecule has 4 nitrogen and oxygen atoms in total. The van der Waals surface area contributed by atoms with E-state index in [-0.39, 0.29) is 5.97 Å². The van der Waals surface area contributed by atoms with E-state index in [1.54, 1.807) is 0 Å². The van der Waals surface area contributed by atoms with Gasteiger partial charge in [-0.25, -0.2) is 4.79 Å². The Bertz CT molecular complexity index is 384. The standard InChI is InChI=1S/C17H28O4/c1-3-15(17(19)20)16-11-7-6-10-14(16)9-5-4-8-12-21-13(2)18/h14H,3-12H2,1-2H3,(H,19,20). The first kappa shape index (κ1) is 17.7. The molecule has 1 aliphatic carbocycles. The normalized spacial score (nSPS) is 21.0. The van der Waals surface area contributed by atoms with Gasteiger partial charge in [-0.2, -0.15) is 0 Å². The van der Waals surface area contributed by atoms with Crippen molar-refractivity contribution in [3.05, 3.63) is 11.1 Å². The molecule has 0 spiro atoms. The molecule has 21 heavy (non-hydrogen) atoms. The number of carbonyl (C=O) groups is 2. The minimum absolute atomic E-state index is 0.221. The molecule has 0 heterocycles. The van der Waals surface area contributed by atoms with Crippen LogP contribution in [0, 0.1) is 5.92 Å². The number of esters is 1. The fourth-order valence-electron chi connectivity index (χ4n) is 3.20. The summed E-state index contributed by atoms with van der Waals surface area (Å²) in [6.45, 7) is 3.86. The van der Waals surface area contributed by atoms with Crippen LogP contribution in [0.2, 0.25) is 0 Å². The highest BCUT2D eigenvalue weighted by molar-refractivity contribution is 5.87. The average molecular weight is 296 g/mol. The minimum Gasteiger partial charge on any atom is -0.478 e. The summed E-state index contributed by atoms with van der Waals surface area (Å²) in [7, 11) is 0. The van der Waals surface area contributed by atoms with Crippen LogP contribution < -0.4 is 0 Å². The minimum atomic E-state index is -0.741. The largest absolute Gasteiger partial charge is 0.478 e. The second-order valence-electron chi connectivity index (χ2n) is 5.79. The first-order valence-corrected chi connectivity index (χ1v) is 8.14. The predicted molar refractivity (Wildman–Crippen MR) is 82.0 cm³/mol. The van der Waals surface area contributed by atoms with Crippen molar-refractivity contribution in [2.75, 3.05) is 6.61 Å². The summed E-state index contributed by atoms with van der Waals surface area (Å²) in [4.78, 5) is 22.0. The number of ether oxygens (including phenoxy) is 1. The number of allylic oxidation sites excluding steroid dienone is 1. The molecule has 1 rings (SSSR count). The van der Waals surface area contributed by atoms with E-state index in [4.69, 9.17) is 4.74 Å². The lowest BCUT2D eigenvalue weighted by Crippen LogP contribution is -2.16. The molecule has 120 valence electrons. The summed E-state index contributed by atoms with van der Waals surface area (Å²) >= 11 is 0. The van der Waals surface area contributed by atoms with Crippen molar-refractivity contribution in [1.82, 2.24) is 0 Å². The molecule has 1 saturated carbocycles. The van der Waals surface area contributed by atoms with Crippen molar-refractivity contribution in [2.45, 2.75) is 71.6 Å². The number of hydrogen-bond donors (Lipinski definition) is 1. The lowest BCUT2D eigenvalue weighted by Gasteiger charge is -2.27. The summed E-state index contributed by atoms with van der Waals surface area (Å²) < 4.78 is 4.92. The Morgan fingerprint density at radius 2 is 2.00 bits per heavy atom. The maximum atomic E-state index is 11.3. The number of unbranched alkanes of at least 4 members (excludes halogenated alkanes) is 2. The molecule has 0 aromatic rings. The second kappa shape index (κ2) is 9.59. The Kier molecular flexibility index (Phi) is 8.09.